The van der Waals surface area contributed by atoms with Crippen molar-refractivity contribution in [3.05, 3.63) is 22.8 Å². The van der Waals surface area contributed by atoms with E-state index in [0.717, 1.165) is 0 Å². The summed E-state index contributed by atoms with van der Waals surface area (Å²) < 4.78 is 64.9. The lowest BCUT2D eigenvalue weighted by molar-refractivity contribution is -0.156. The van der Waals surface area contributed by atoms with Gasteiger partial charge in [0.15, 0.2) is 11.7 Å². The van der Waals surface area contributed by atoms with E-state index in [2.05, 4.69) is 9.47 Å². The predicted octanol–water partition coefficient (Wildman–Crippen LogP) is 0.362. The average molecular weight is 322 g/mol. The Balaban J connectivity index is 3.00. The third-order valence-corrected chi connectivity index (χ3v) is 3.35. The van der Waals surface area contributed by atoms with Crippen LogP contribution in [0, 0.1) is 0 Å². The number of Topliss-reactive ketones (excluding diaryl/α,β-unsaturated/α-hetero) is 2. The van der Waals surface area contributed by atoms with E-state index >= 15 is 0 Å². The Morgan fingerprint density at radius 1 is 0.818 bits per heavy atom. The third kappa shape index (κ3) is 1.44. The second-order valence-corrected chi connectivity index (χ2v) is 4.34. The standard InChI is InChI=1S/C12H6F4O6/c1-21-9(19)3-4(10(20)22-2)12(16)6(14)5(13)11(3,15)7(17)8(12)18/h1-2H3. The summed E-state index contributed by atoms with van der Waals surface area (Å²) in [5, 5.41) is 0. The van der Waals surface area contributed by atoms with Crippen LogP contribution in [0.15, 0.2) is 22.8 Å². The molecule has 0 aromatic heterocycles. The van der Waals surface area contributed by atoms with Gasteiger partial charge in [0.25, 0.3) is 22.9 Å². The van der Waals surface area contributed by atoms with Crippen LogP contribution in [-0.4, -0.2) is 49.1 Å². The number of hydrogen-bond acceptors (Lipinski definition) is 6. The first kappa shape index (κ1) is 15.9. The Labute approximate surface area is 119 Å². The molecule has 3 aliphatic rings. The molecule has 0 spiro atoms. The summed E-state index contributed by atoms with van der Waals surface area (Å²) >= 11 is 0. The quantitative estimate of drug-likeness (QED) is 0.414. The summed E-state index contributed by atoms with van der Waals surface area (Å²) in [6, 6.07) is 0. The average Bonchev–Trinajstić information content (AvgIpc) is 2.51. The molecule has 2 bridgehead atoms. The SMILES string of the molecule is COC(=O)C1=C(C(=O)OC)C2(F)C(=O)C(=O)C1(F)C(F)=C2F. The number of fused-ring (bicyclic) bond motifs is 1. The molecule has 3 rings (SSSR count). The molecular weight excluding hydrogens is 316 g/mol. The number of methoxy groups -OCH3 is 2. The van der Waals surface area contributed by atoms with E-state index in [1.165, 1.54) is 0 Å². The monoisotopic (exact) mass is 322 g/mol. The van der Waals surface area contributed by atoms with Gasteiger partial charge in [0.2, 0.25) is 0 Å². The zero-order valence-corrected chi connectivity index (χ0v) is 11.0. The van der Waals surface area contributed by atoms with Crippen molar-refractivity contribution >= 4 is 23.5 Å². The van der Waals surface area contributed by atoms with E-state index in [-0.39, 0.29) is 0 Å². The highest BCUT2D eigenvalue weighted by molar-refractivity contribution is 6.50. The highest BCUT2D eigenvalue weighted by Crippen LogP contribution is 2.55. The molecule has 0 aromatic rings. The lowest BCUT2D eigenvalue weighted by Gasteiger charge is -2.40. The van der Waals surface area contributed by atoms with Crippen molar-refractivity contribution in [3.8, 4) is 0 Å². The number of alkyl halides is 2. The maximum Gasteiger partial charge on any atom is 0.338 e. The summed E-state index contributed by atoms with van der Waals surface area (Å²) in [7, 11) is 1.32. The van der Waals surface area contributed by atoms with E-state index in [9.17, 15) is 36.7 Å². The van der Waals surface area contributed by atoms with Crippen LogP contribution in [0.2, 0.25) is 0 Å². The Bertz CT molecular complexity index is 650. The van der Waals surface area contributed by atoms with Crippen LogP contribution in [0.3, 0.4) is 0 Å². The number of hydrogen-bond donors (Lipinski definition) is 0. The van der Waals surface area contributed by atoms with Crippen molar-refractivity contribution in [1.82, 2.24) is 0 Å². The molecule has 118 valence electrons. The molecule has 0 amide bonds. The van der Waals surface area contributed by atoms with Gasteiger partial charge in [0, 0.05) is 0 Å². The normalized spacial score (nSPS) is 30.8. The summed E-state index contributed by atoms with van der Waals surface area (Å²) in [6.45, 7) is 0. The molecule has 0 aromatic carbocycles. The molecule has 6 nitrogen and oxygen atoms in total. The number of esters is 2. The topological polar surface area (TPSA) is 86.7 Å². The van der Waals surface area contributed by atoms with Crippen LogP contribution in [0.25, 0.3) is 0 Å². The van der Waals surface area contributed by atoms with Gasteiger partial charge in [-0.25, -0.2) is 27.2 Å². The number of halogens is 4. The first-order valence-electron chi connectivity index (χ1n) is 5.55. The highest BCUT2D eigenvalue weighted by Gasteiger charge is 2.75. The zero-order valence-electron chi connectivity index (χ0n) is 11.0. The smallest absolute Gasteiger partial charge is 0.338 e. The minimum Gasteiger partial charge on any atom is -0.466 e. The van der Waals surface area contributed by atoms with Gasteiger partial charge in [-0.3, -0.25) is 9.59 Å². The minimum absolute atomic E-state index is 0.658. The van der Waals surface area contributed by atoms with Crippen LogP contribution in [0.4, 0.5) is 17.6 Å². The van der Waals surface area contributed by atoms with E-state index in [1.54, 1.807) is 0 Å². The summed E-state index contributed by atoms with van der Waals surface area (Å²) in [4.78, 5) is 46.3. The van der Waals surface area contributed by atoms with Crippen molar-refractivity contribution in [3.63, 3.8) is 0 Å². The van der Waals surface area contributed by atoms with Crippen molar-refractivity contribution in [2.75, 3.05) is 14.2 Å². The lowest BCUT2D eigenvalue weighted by atomic mass is 9.64. The molecular formula is C12H6F4O6. The maximum atomic E-state index is 14.7. The summed E-state index contributed by atoms with van der Waals surface area (Å²) in [5.74, 6) is -13.6. The number of allylic oxidation sites excluding steroid dienone is 2. The van der Waals surface area contributed by atoms with Gasteiger partial charge in [-0.15, -0.1) is 0 Å². The summed E-state index contributed by atoms with van der Waals surface area (Å²) in [5.41, 5.74) is -12.1. The first-order chi connectivity index (χ1) is 10.1. The molecule has 0 radical (unpaired) electrons. The molecule has 2 unspecified atom stereocenters. The van der Waals surface area contributed by atoms with Gasteiger partial charge in [0.05, 0.1) is 14.2 Å². The number of carbonyl (C=O) groups is 4. The van der Waals surface area contributed by atoms with Crippen molar-refractivity contribution < 1.29 is 46.2 Å². The van der Waals surface area contributed by atoms with Crippen LogP contribution < -0.4 is 0 Å². The number of rotatable bonds is 2. The maximum absolute atomic E-state index is 14.7. The Morgan fingerprint density at radius 2 is 1.09 bits per heavy atom. The van der Waals surface area contributed by atoms with Crippen molar-refractivity contribution in [2.45, 2.75) is 11.3 Å². The second kappa shape index (κ2) is 4.49. The number of ether oxygens (including phenoxy) is 2. The highest BCUT2D eigenvalue weighted by atomic mass is 19.2. The molecule has 0 saturated heterocycles. The second-order valence-electron chi connectivity index (χ2n) is 4.34. The van der Waals surface area contributed by atoms with Gasteiger partial charge in [-0.05, 0) is 0 Å². The minimum atomic E-state index is -4.27. The fraction of sp³-hybridized carbons (Fsp3) is 0.333. The fourth-order valence-corrected chi connectivity index (χ4v) is 2.30. The molecule has 0 saturated carbocycles. The first-order valence-corrected chi connectivity index (χ1v) is 5.55. The number of carbonyl (C=O) groups excluding carboxylic acids is 4. The zero-order chi connectivity index (χ0) is 17.0. The molecule has 0 N–H and O–H groups in total. The van der Waals surface area contributed by atoms with E-state index in [1.807, 2.05) is 0 Å². The van der Waals surface area contributed by atoms with Crippen LogP contribution in [0.5, 0.6) is 0 Å². The van der Waals surface area contributed by atoms with Crippen LogP contribution >= 0.6 is 0 Å². The molecule has 3 aliphatic carbocycles. The van der Waals surface area contributed by atoms with Gasteiger partial charge < -0.3 is 9.47 Å². The molecule has 0 fully saturated rings. The van der Waals surface area contributed by atoms with E-state index in [0.29, 0.717) is 14.2 Å². The summed E-state index contributed by atoms with van der Waals surface area (Å²) in [6.07, 6.45) is 0. The van der Waals surface area contributed by atoms with E-state index in [4.69, 9.17) is 0 Å². The van der Waals surface area contributed by atoms with Crippen LogP contribution in [-0.2, 0) is 28.7 Å². The Morgan fingerprint density at radius 3 is 1.32 bits per heavy atom. The molecule has 22 heavy (non-hydrogen) atoms. The largest absolute Gasteiger partial charge is 0.466 e. The Hall–Kier alpha value is -2.52. The fourth-order valence-electron chi connectivity index (χ4n) is 2.30. The van der Waals surface area contributed by atoms with Gasteiger partial charge in [-0.2, -0.15) is 0 Å². The van der Waals surface area contributed by atoms with Gasteiger partial charge in [0.1, 0.15) is 11.1 Å². The Kier molecular flexibility index (Phi) is 3.23. The molecule has 2 atom stereocenters. The van der Waals surface area contributed by atoms with Crippen molar-refractivity contribution in [2.24, 2.45) is 0 Å². The predicted molar refractivity (Wildman–Crippen MR) is 58.0 cm³/mol. The van der Waals surface area contributed by atoms with Crippen LogP contribution in [0.1, 0.15) is 0 Å². The van der Waals surface area contributed by atoms with E-state index < -0.39 is 57.6 Å². The molecule has 0 heterocycles. The van der Waals surface area contributed by atoms with Gasteiger partial charge in [-0.1, -0.05) is 0 Å². The molecule has 0 aliphatic heterocycles. The third-order valence-electron chi connectivity index (χ3n) is 3.35. The van der Waals surface area contributed by atoms with Crippen molar-refractivity contribution in [1.29, 1.82) is 0 Å². The number of ketones is 2. The molecule has 10 heteroatoms. The van der Waals surface area contributed by atoms with Gasteiger partial charge >= 0.3 is 11.9 Å². The lowest BCUT2D eigenvalue weighted by Crippen LogP contribution is -2.63.